The number of carbonyl (C=O) groups is 1. The van der Waals surface area contributed by atoms with Crippen LogP contribution in [0.5, 0.6) is 0 Å². The van der Waals surface area contributed by atoms with Crippen molar-refractivity contribution in [2.24, 2.45) is 7.05 Å². The molecule has 3 aromatic rings. The highest BCUT2D eigenvalue weighted by atomic mass is 19.4. The van der Waals surface area contributed by atoms with E-state index in [9.17, 15) is 18.0 Å². The Balaban J connectivity index is 1.97. The summed E-state index contributed by atoms with van der Waals surface area (Å²) in [5, 5.41) is 3.34. The third kappa shape index (κ3) is 3.27. The standard InChI is InChI=1S/C15H13F3N6O2/c1-23(2)13(25)12-20-10(7-24(12)3)9-6-8(4-5-19-9)11-21-14(26-22-11)15(16,17)18/h4-7H,1-3H3. The molecule has 8 nitrogen and oxygen atoms in total. The van der Waals surface area contributed by atoms with E-state index in [1.165, 1.54) is 23.2 Å². The summed E-state index contributed by atoms with van der Waals surface area (Å²) in [6, 6.07) is 2.92. The van der Waals surface area contributed by atoms with Crippen molar-refractivity contribution >= 4 is 5.91 Å². The molecule has 0 atom stereocenters. The Labute approximate surface area is 145 Å². The second kappa shape index (κ2) is 6.24. The van der Waals surface area contributed by atoms with Gasteiger partial charge in [0.2, 0.25) is 5.82 Å². The van der Waals surface area contributed by atoms with Gasteiger partial charge in [-0.3, -0.25) is 9.78 Å². The number of imidazole rings is 1. The van der Waals surface area contributed by atoms with Crippen LogP contribution < -0.4 is 0 Å². The molecule has 1 amide bonds. The molecule has 0 unspecified atom stereocenters. The van der Waals surface area contributed by atoms with Crippen molar-refractivity contribution in [3.8, 4) is 22.8 Å². The van der Waals surface area contributed by atoms with Gasteiger partial charge in [0.15, 0.2) is 5.82 Å². The maximum atomic E-state index is 12.6. The summed E-state index contributed by atoms with van der Waals surface area (Å²) < 4.78 is 43.6. The number of amides is 1. The molecule has 136 valence electrons. The lowest BCUT2D eigenvalue weighted by atomic mass is 10.2. The quantitative estimate of drug-likeness (QED) is 0.706. The molecule has 0 N–H and O–H groups in total. The van der Waals surface area contributed by atoms with Crippen LogP contribution in [0.3, 0.4) is 0 Å². The van der Waals surface area contributed by atoms with Crippen molar-refractivity contribution in [2.75, 3.05) is 14.1 Å². The fraction of sp³-hybridized carbons (Fsp3) is 0.267. The number of halogens is 3. The zero-order chi connectivity index (χ0) is 19.1. The van der Waals surface area contributed by atoms with Crippen LogP contribution in [0.2, 0.25) is 0 Å². The average Bonchev–Trinajstić information content (AvgIpc) is 3.21. The second-order valence-electron chi connectivity index (χ2n) is 5.61. The summed E-state index contributed by atoms with van der Waals surface area (Å²) in [5.74, 6) is -1.73. The van der Waals surface area contributed by atoms with Crippen LogP contribution in [-0.2, 0) is 13.2 Å². The minimum atomic E-state index is -4.72. The Bertz CT molecular complexity index is 960. The van der Waals surface area contributed by atoms with Crippen molar-refractivity contribution in [1.82, 2.24) is 29.6 Å². The molecule has 0 radical (unpaired) electrons. The first-order valence-electron chi connectivity index (χ1n) is 7.29. The highest BCUT2D eigenvalue weighted by Gasteiger charge is 2.38. The Hall–Kier alpha value is -3.24. The van der Waals surface area contributed by atoms with E-state index in [4.69, 9.17) is 0 Å². The maximum absolute atomic E-state index is 12.6. The molecule has 0 aliphatic carbocycles. The fourth-order valence-corrected chi connectivity index (χ4v) is 2.15. The second-order valence-corrected chi connectivity index (χ2v) is 5.61. The van der Waals surface area contributed by atoms with E-state index in [0.717, 1.165) is 0 Å². The topological polar surface area (TPSA) is 89.9 Å². The summed E-state index contributed by atoms with van der Waals surface area (Å²) in [5.41, 5.74) is 1.02. The highest BCUT2D eigenvalue weighted by molar-refractivity contribution is 5.91. The SMILES string of the molecule is CN(C)C(=O)c1nc(-c2cc(-c3noc(C(F)(F)F)n3)ccn2)cn1C. The Morgan fingerprint density at radius 3 is 2.58 bits per heavy atom. The van der Waals surface area contributed by atoms with E-state index in [1.807, 2.05) is 0 Å². The largest absolute Gasteiger partial charge is 0.471 e. The summed E-state index contributed by atoms with van der Waals surface area (Å²) in [6.45, 7) is 0. The van der Waals surface area contributed by atoms with Crippen molar-refractivity contribution in [3.05, 3.63) is 36.2 Å². The van der Waals surface area contributed by atoms with Gasteiger partial charge in [0.05, 0.1) is 5.69 Å². The van der Waals surface area contributed by atoms with E-state index in [1.54, 1.807) is 31.9 Å². The lowest BCUT2D eigenvalue weighted by Crippen LogP contribution is -2.24. The lowest BCUT2D eigenvalue weighted by Gasteiger charge is -2.08. The van der Waals surface area contributed by atoms with Gasteiger partial charge < -0.3 is 14.0 Å². The number of hydrogen-bond donors (Lipinski definition) is 0. The number of aromatic nitrogens is 5. The van der Waals surface area contributed by atoms with E-state index in [-0.39, 0.29) is 23.1 Å². The van der Waals surface area contributed by atoms with Crippen LogP contribution in [0.1, 0.15) is 16.5 Å². The normalized spacial score (nSPS) is 11.6. The van der Waals surface area contributed by atoms with Gasteiger partial charge in [-0.2, -0.15) is 18.2 Å². The van der Waals surface area contributed by atoms with E-state index in [2.05, 4.69) is 24.6 Å². The molecule has 0 fully saturated rings. The Morgan fingerprint density at radius 2 is 1.96 bits per heavy atom. The minimum Gasteiger partial charge on any atom is -0.342 e. The van der Waals surface area contributed by atoms with Crippen LogP contribution in [0, 0.1) is 0 Å². The molecule has 0 saturated heterocycles. The van der Waals surface area contributed by atoms with Gasteiger partial charge in [0, 0.05) is 39.1 Å². The molecule has 0 aromatic carbocycles. The summed E-state index contributed by atoms with van der Waals surface area (Å²) in [6.07, 6.45) is -1.74. The minimum absolute atomic E-state index is 0.205. The smallest absolute Gasteiger partial charge is 0.342 e. The van der Waals surface area contributed by atoms with Gasteiger partial charge in [0.1, 0.15) is 5.69 Å². The Morgan fingerprint density at radius 1 is 1.23 bits per heavy atom. The molecule has 11 heteroatoms. The molecule has 3 rings (SSSR count). The number of hydrogen-bond acceptors (Lipinski definition) is 6. The first-order valence-corrected chi connectivity index (χ1v) is 7.29. The lowest BCUT2D eigenvalue weighted by molar-refractivity contribution is -0.159. The summed E-state index contributed by atoms with van der Waals surface area (Å²) in [4.78, 5) is 25.2. The fourth-order valence-electron chi connectivity index (χ4n) is 2.15. The average molecular weight is 366 g/mol. The number of nitrogens with zero attached hydrogens (tertiary/aromatic N) is 6. The number of aryl methyl sites for hydroxylation is 1. The molecular weight excluding hydrogens is 353 g/mol. The molecular formula is C15H13F3N6O2. The number of pyridine rings is 1. The third-order valence-corrected chi connectivity index (χ3v) is 3.42. The van der Waals surface area contributed by atoms with Crippen LogP contribution >= 0.6 is 0 Å². The third-order valence-electron chi connectivity index (χ3n) is 3.42. The van der Waals surface area contributed by atoms with E-state index < -0.39 is 12.1 Å². The number of carbonyl (C=O) groups excluding carboxylic acids is 1. The van der Waals surface area contributed by atoms with Gasteiger partial charge in [0.25, 0.3) is 5.91 Å². The van der Waals surface area contributed by atoms with Crippen LogP contribution in [0.25, 0.3) is 22.8 Å². The van der Waals surface area contributed by atoms with Crippen LogP contribution in [-0.4, -0.2) is 49.6 Å². The van der Waals surface area contributed by atoms with Crippen molar-refractivity contribution in [2.45, 2.75) is 6.18 Å². The van der Waals surface area contributed by atoms with E-state index >= 15 is 0 Å². The zero-order valence-electron chi connectivity index (χ0n) is 13.9. The maximum Gasteiger partial charge on any atom is 0.471 e. The van der Waals surface area contributed by atoms with Crippen LogP contribution in [0.15, 0.2) is 29.0 Å². The summed E-state index contributed by atoms with van der Waals surface area (Å²) in [7, 11) is 4.86. The predicted molar refractivity (Wildman–Crippen MR) is 82.8 cm³/mol. The van der Waals surface area contributed by atoms with Gasteiger partial charge in [-0.25, -0.2) is 4.98 Å². The molecule has 0 aliphatic heterocycles. The molecule has 3 aromatic heterocycles. The van der Waals surface area contributed by atoms with Gasteiger partial charge in [-0.05, 0) is 12.1 Å². The molecule has 0 spiro atoms. The van der Waals surface area contributed by atoms with Crippen molar-refractivity contribution in [3.63, 3.8) is 0 Å². The summed E-state index contributed by atoms with van der Waals surface area (Å²) >= 11 is 0. The molecule has 0 aliphatic rings. The first kappa shape index (κ1) is 17.6. The molecule has 3 heterocycles. The zero-order valence-corrected chi connectivity index (χ0v) is 13.9. The number of alkyl halides is 3. The number of rotatable bonds is 3. The molecule has 26 heavy (non-hydrogen) atoms. The predicted octanol–water partition coefficient (Wildman–Crippen LogP) is 2.25. The first-order chi connectivity index (χ1) is 12.2. The van der Waals surface area contributed by atoms with Gasteiger partial charge >= 0.3 is 12.1 Å². The van der Waals surface area contributed by atoms with Gasteiger partial charge in [-0.15, -0.1) is 0 Å². The highest BCUT2D eigenvalue weighted by Crippen LogP contribution is 2.30. The van der Waals surface area contributed by atoms with E-state index in [0.29, 0.717) is 11.4 Å². The molecule has 0 bridgehead atoms. The van der Waals surface area contributed by atoms with Crippen molar-refractivity contribution < 1.29 is 22.5 Å². The van der Waals surface area contributed by atoms with Gasteiger partial charge in [-0.1, -0.05) is 5.16 Å². The Kier molecular flexibility index (Phi) is 4.22. The molecule has 0 saturated carbocycles. The van der Waals surface area contributed by atoms with Crippen molar-refractivity contribution in [1.29, 1.82) is 0 Å². The van der Waals surface area contributed by atoms with Crippen LogP contribution in [0.4, 0.5) is 13.2 Å². The monoisotopic (exact) mass is 366 g/mol.